The van der Waals surface area contributed by atoms with Crippen molar-refractivity contribution in [1.82, 2.24) is 0 Å². The van der Waals surface area contributed by atoms with Crippen molar-refractivity contribution in [3.05, 3.63) is 35.9 Å². The van der Waals surface area contributed by atoms with Gasteiger partial charge in [-0.1, -0.05) is 49.6 Å². The molecule has 0 aromatic heterocycles. The summed E-state index contributed by atoms with van der Waals surface area (Å²) >= 11 is 0. The number of hydrogen-bond acceptors (Lipinski definition) is 1. The summed E-state index contributed by atoms with van der Waals surface area (Å²) < 4.78 is 5.33. The van der Waals surface area contributed by atoms with Crippen LogP contribution >= 0.6 is 0 Å². The van der Waals surface area contributed by atoms with Crippen LogP contribution < -0.4 is 4.74 Å². The Kier molecular flexibility index (Phi) is 4.03. The van der Waals surface area contributed by atoms with E-state index in [1.807, 2.05) is 12.1 Å². The highest BCUT2D eigenvalue weighted by Gasteiger charge is 2.09. The summed E-state index contributed by atoms with van der Waals surface area (Å²) in [6.45, 7) is 0. The lowest BCUT2D eigenvalue weighted by molar-refractivity contribution is 0.413. The molecule has 0 aliphatic heterocycles. The molecule has 86 valence electrons. The zero-order valence-electron chi connectivity index (χ0n) is 9.99. The maximum atomic E-state index is 5.33. The molecule has 16 heavy (non-hydrogen) atoms. The molecule has 0 radical (unpaired) electrons. The van der Waals surface area contributed by atoms with Gasteiger partial charge in [-0.15, -0.1) is 0 Å². The molecule has 0 unspecified atom stereocenters. The molecule has 0 spiro atoms. The fraction of sp³-hybridized carbons (Fsp3) is 0.467. The minimum Gasteiger partial charge on any atom is -0.496 e. The fourth-order valence-corrected chi connectivity index (χ4v) is 2.37. The van der Waals surface area contributed by atoms with Crippen LogP contribution in [0, 0.1) is 5.92 Å². The molecule has 0 saturated heterocycles. The van der Waals surface area contributed by atoms with E-state index in [1.54, 1.807) is 7.11 Å². The van der Waals surface area contributed by atoms with Crippen molar-refractivity contribution >= 4 is 6.08 Å². The van der Waals surface area contributed by atoms with Crippen LogP contribution in [-0.2, 0) is 0 Å². The lowest BCUT2D eigenvalue weighted by Crippen LogP contribution is -2.02. The third-order valence-electron chi connectivity index (χ3n) is 3.34. The Morgan fingerprint density at radius 1 is 1.12 bits per heavy atom. The summed E-state index contributed by atoms with van der Waals surface area (Å²) in [5.41, 5.74) is 1.19. The summed E-state index contributed by atoms with van der Waals surface area (Å²) in [7, 11) is 1.73. The van der Waals surface area contributed by atoms with E-state index in [9.17, 15) is 0 Å². The topological polar surface area (TPSA) is 9.23 Å². The van der Waals surface area contributed by atoms with Gasteiger partial charge in [0.25, 0.3) is 0 Å². The van der Waals surface area contributed by atoms with Gasteiger partial charge in [-0.2, -0.15) is 0 Å². The smallest absolute Gasteiger partial charge is 0.126 e. The van der Waals surface area contributed by atoms with Gasteiger partial charge in [0.15, 0.2) is 0 Å². The lowest BCUT2D eigenvalue weighted by atomic mass is 9.89. The van der Waals surface area contributed by atoms with Crippen molar-refractivity contribution in [2.24, 2.45) is 5.92 Å². The monoisotopic (exact) mass is 216 g/mol. The third-order valence-corrected chi connectivity index (χ3v) is 3.34. The third kappa shape index (κ3) is 2.88. The van der Waals surface area contributed by atoms with Crippen molar-refractivity contribution in [3.8, 4) is 5.75 Å². The van der Waals surface area contributed by atoms with Gasteiger partial charge in [0.2, 0.25) is 0 Å². The Morgan fingerprint density at radius 2 is 1.88 bits per heavy atom. The zero-order chi connectivity index (χ0) is 11.2. The van der Waals surface area contributed by atoms with E-state index in [0.29, 0.717) is 0 Å². The van der Waals surface area contributed by atoms with Gasteiger partial charge in [0, 0.05) is 5.56 Å². The Balaban J connectivity index is 2.04. The van der Waals surface area contributed by atoms with Crippen LogP contribution in [0.1, 0.15) is 37.7 Å². The van der Waals surface area contributed by atoms with Crippen molar-refractivity contribution in [2.75, 3.05) is 7.11 Å². The predicted octanol–water partition coefficient (Wildman–Crippen LogP) is 4.29. The molecule has 1 aliphatic carbocycles. The average Bonchev–Trinajstić information content (AvgIpc) is 2.38. The second-order valence-electron chi connectivity index (χ2n) is 4.50. The van der Waals surface area contributed by atoms with Crippen LogP contribution in [0.2, 0.25) is 0 Å². The molecule has 0 amide bonds. The van der Waals surface area contributed by atoms with E-state index < -0.39 is 0 Å². The van der Waals surface area contributed by atoms with Gasteiger partial charge < -0.3 is 4.74 Å². The summed E-state index contributed by atoms with van der Waals surface area (Å²) in [4.78, 5) is 0. The molecule has 0 heterocycles. The van der Waals surface area contributed by atoms with Crippen molar-refractivity contribution in [3.63, 3.8) is 0 Å². The Morgan fingerprint density at radius 3 is 2.62 bits per heavy atom. The Bertz CT molecular complexity index is 348. The molecule has 0 atom stereocenters. The molecular formula is C15H20O. The quantitative estimate of drug-likeness (QED) is 0.732. The summed E-state index contributed by atoms with van der Waals surface area (Å²) in [5.74, 6) is 1.74. The summed E-state index contributed by atoms with van der Waals surface area (Å²) in [5, 5.41) is 0. The molecule has 1 heteroatoms. The first-order valence-corrected chi connectivity index (χ1v) is 6.21. The van der Waals surface area contributed by atoms with Gasteiger partial charge in [-0.25, -0.2) is 0 Å². The van der Waals surface area contributed by atoms with E-state index in [4.69, 9.17) is 4.74 Å². The maximum Gasteiger partial charge on any atom is 0.126 e. The first kappa shape index (κ1) is 11.3. The van der Waals surface area contributed by atoms with Gasteiger partial charge in [0.1, 0.15) is 5.75 Å². The highest BCUT2D eigenvalue weighted by Crippen LogP contribution is 2.26. The number of para-hydroxylation sites is 1. The molecular weight excluding hydrogens is 196 g/mol. The number of allylic oxidation sites excluding steroid dienone is 1. The molecule has 1 aliphatic rings. The van der Waals surface area contributed by atoms with E-state index in [2.05, 4.69) is 24.3 Å². The second-order valence-corrected chi connectivity index (χ2v) is 4.50. The van der Waals surface area contributed by atoms with Crippen molar-refractivity contribution in [1.29, 1.82) is 0 Å². The standard InChI is InChI=1S/C15H20O/c1-16-15-10-6-5-9-14(15)12-11-13-7-3-2-4-8-13/h5-6,9-13H,2-4,7-8H2,1H3/b12-11+. The summed E-state index contributed by atoms with van der Waals surface area (Å²) in [6, 6.07) is 8.19. The van der Waals surface area contributed by atoms with Gasteiger partial charge in [-0.05, 0) is 24.8 Å². The van der Waals surface area contributed by atoms with Crippen LogP contribution in [-0.4, -0.2) is 7.11 Å². The normalized spacial score (nSPS) is 17.8. The molecule has 1 aromatic carbocycles. The number of hydrogen-bond donors (Lipinski definition) is 0. The second kappa shape index (κ2) is 5.74. The largest absolute Gasteiger partial charge is 0.496 e. The Labute approximate surface area is 98.1 Å². The van der Waals surface area contributed by atoms with E-state index in [-0.39, 0.29) is 0 Å². The van der Waals surface area contributed by atoms with Crippen molar-refractivity contribution < 1.29 is 4.74 Å². The average molecular weight is 216 g/mol. The van der Waals surface area contributed by atoms with Crippen LogP contribution in [0.15, 0.2) is 30.3 Å². The molecule has 0 bridgehead atoms. The SMILES string of the molecule is COc1ccccc1/C=C/C1CCCCC1. The maximum absolute atomic E-state index is 5.33. The van der Waals surface area contributed by atoms with Gasteiger partial charge in [-0.3, -0.25) is 0 Å². The number of methoxy groups -OCH3 is 1. The first-order chi connectivity index (χ1) is 7.90. The van der Waals surface area contributed by atoms with E-state index in [0.717, 1.165) is 11.7 Å². The van der Waals surface area contributed by atoms with Crippen LogP contribution in [0.25, 0.3) is 6.08 Å². The van der Waals surface area contributed by atoms with Gasteiger partial charge >= 0.3 is 0 Å². The zero-order valence-corrected chi connectivity index (χ0v) is 9.99. The van der Waals surface area contributed by atoms with Crippen molar-refractivity contribution in [2.45, 2.75) is 32.1 Å². The van der Waals surface area contributed by atoms with Crippen LogP contribution in [0.3, 0.4) is 0 Å². The van der Waals surface area contributed by atoms with Crippen LogP contribution in [0.5, 0.6) is 5.75 Å². The van der Waals surface area contributed by atoms with E-state index >= 15 is 0 Å². The highest BCUT2D eigenvalue weighted by atomic mass is 16.5. The van der Waals surface area contributed by atoms with E-state index in [1.165, 1.54) is 37.7 Å². The molecule has 1 aromatic rings. The minimum atomic E-state index is 0.777. The molecule has 1 nitrogen and oxygen atoms in total. The first-order valence-electron chi connectivity index (χ1n) is 6.21. The summed E-state index contributed by atoms with van der Waals surface area (Å²) in [6.07, 6.45) is 11.5. The fourth-order valence-electron chi connectivity index (χ4n) is 2.37. The molecule has 0 N–H and O–H groups in total. The highest BCUT2D eigenvalue weighted by molar-refractivity contribution is 5.57. The van der Waals surface area contributed by atoms with Gasteiger partial charge in [0.05, 0.1) is 7.11 Å². The molecule has 1 fully saturated rings. The number of ether oxygens (including phenoxy) is 1. The molecule has 1 saturated carbocycles. The molecule has 2 rings (SSSR count). The lowest BCUT2D eigenvalue weighted by Gasteiger charge is -2.17. The Hall–Kier alpha value is -1.24. The van der Waals surface area contributed by atoms with Crippen LogP contribution in [0.4, 0.5) is 0 Å². The predicted molar refractivity (Wildman–Crippen MR) is 68.6 cm³/mol. The number of benzene rings is 1. The minimum absolute atomic E-state index is 0.777. The number of rotatable bonds is 3.